The van der Waals surface area contributed by atoms with Crippen LogP contribution in [0.1, 0.15) is 31.0 Å². The van der Waals surface area contributed by atoms with E-state index in [-0.39, 0.29) is 0 Å². The van der Waals surface area contributed by atoms with Crippen LogP contribution in [0.4, 0.5) is 0 Å². The van der Waals surface area contributed by atoms with Gasteiger partial charge in [-0.1, -0.05) is 24.3 Å². The number of hydrogen-bond acceptors (Lipinski definition) is 2. The molecule has 0 aliphatic carbocycles. The highest BCUT2D eigenvalue weighted by Gasteiger charge is 2.10. The zero-order valence-corrected chi connectivity index (χ0v) is 10.1. The topological polar surface area (TPSA) is 21.3 Å². The van der Waals surface area contributed by atoms with E-state index in [0.29, 0.717) is 12.1 Å². The summed E-state index contributed by atoms with van der Waals surface area (Å²) in [6.45, 7) is 7.22. The van der Waals surface area contributed by atoms with E-state index in [1.165, 1.54) is 11.1 Å². The Morgan fingerprint density at radius 1 is 1.27 bits per heavy atom. The summed E-state index contributed by atoms with van der Waals surface area (Å²) in [5.74, 6) is 0. The molecule has 0 saturated carbocycles. The minimum absolute atomic E-state index is 0.372. The van der Waals surface area contributed by atoms with Gasteiger partial charge in [0.2, 0.25) is 0 Å². The second kappa shape index (κ2) is 5.89. The number of rotatable bonds is 5. The standard InChI is InChI=1S/C13H21NO/c1-10-7-5-6-8-13(10)12(3)14-11(2)9-15-4/h5-8,11-12,14H,9H2,1-4H3/t11-,12-/m1/s1. The molecule has 0 unspecified atom stereocenters. The summed E-state index contributed by atoms with van der Waals surface area (Å²) in [5.41, 5.74) is 2.70. The van der Waals surface area contributed by atoms with E-state index in [4.69, 9.17) is 4.74 Å². The van der Waals surface area contributed by atoms with Crippen LogP contribution in [0, 0.1) is 6.92 Å². The highest BCUT2D eigenvalue weighted by Crippen LogP contribution is 2.16. The predicted octanol–water partition coefficient (Wildman–Crippen LogP) is 2.68. The molecule has 1 N–H and O–H groups in total. The van der Waals surface area contributed by atoms with E-state index in [2.05, 4.69) is 50.4 Å². The first-order chi connectivity index (χ1) is 7.15. The number of methoxy groups -OCH3 is 1. The first-order valence-corrected chi connectivity index (χ1v) is 5.45. The predicted molar refractivity (Wildman–Crippen MR) is 64.1 cm³/mol. The van der Waals surface area contributed by atoms with Crippen molar-refractivity contribution in [1.82, 2.24) is 5.32 Å². The fourth-order valence-electron chi connectivity index (χ4n) is 1.89. The van der Waals surface area contributed by atoms with Gasteiger partial charge in [-0.3, -0.25) is 0 Å². The molecule has 2 nitrogen and oxygen atoms in total. The van der Waals surface area contributed by atoms with Crippen molar-refractivity contribution in [3.05, 3.63) is 35.4 Å². The van der Waals surface area contributed by atoms with Crippen LogP contribution in [0.3, 0.4) is 0 Å². The van der Waals surface area contributed by atoms with Crippen molar-refractivity contribution in [3.8, 4) is 0 Å². The van der Waals surface area contributed by atoms with Crippen molar-refractivity contribution in [2.75, 3.05) is 13.7 Å². The van der Waals surface area contributed by atoms with Crippen LogP contribution in [0.5, 0.6) is 0 Å². The van der Waals surface area contributed by atoms with Gasteiger partial charge in [0, 0.05) is 19.2 Å². The monoisotopic (exact) mass is 207 g/mol. The van der Waals surface area contributed by atoms with Gasteiger partial charge in [-0.15, -0.1) is 0 Å². The maximum Gasteiger partial charge on any atom is 0.0613 e. The number of aryl methyl sites for hydroxylation is 1. The van der Waals surface area contributed by atoms with Crippen LogP contribution in [0.2, 0.25) is 0 Å². The van der Waals surface area contributed by atoms with Gasteiger partial charge in [-0.2, -0.15) is 0 Å². The van der Waals surface area contributed by atoms with Gasteiger partial charge in [0.05, 0.1) is 6.61 Å². The number of nitrogens with one attached hydrogen (secondary N) is 1. The lowest BCUT2D eigenvalue weighted by atomic mass is 10.0. The Bertz CT molecular complexity index is 298. The Balaban J connectivity index is 2.61. The fourth-order valence-corrected chi connectivity index (χ4v) is 1.89. The van der Waals surface area contributed by atoms with E-state index in [1.54, 1.807) is 7.11 Å². The van der Waals surface area contributed by atoms with Gasteiger partial charge in [0.25, 0.3) is 0 Å². The fraction of sp³-hybridized carbons (Fsp3) is 0.538. The summed E-state index contributed by atoms with van der Waals surface area (Å²) >= 11 is 0. The minimum Gasteiger partial charge on any atom is -0.383 e. The van der Waals surface area contributed by atoms with E-state index >= 15 is 0 Å². The molecule has 15 heavy (non-hydrogen) atoms. The molecular weight excluding hydrogens is 186 g/mol. The van der Waals surface area contributed by atoms with Gasteiger partial charge < -0.3 is 10.1 Å². The normalized spacial score (nSPS) is 14.9. The molecule has 0 aromatic heterocycles. The second-order valence-corrected chi connectivity index (χ2v) is 4.10. The Morgan fingerprint density at radius 2 is 1.93 bits per heavy atom. The van der Waals surface area contributed by atoms with Crippen LogP contribution in [0.15, 0.2) is 24.3 Å². The lowest BCUT2D eigenvalue weighted by molar-refractivity contribution is 0.167. The minimum atomic E-state index is 0.372. The Kier molecular flexibility index (Phi) is 4.79. The Labute approximate surface area is 92.6 Å². The number of hydrogen-bond donors (Lipinski definition) is 1. The quantitative estimate of drug-likeness (QED) is 0.801. The largest absolute Gasteiger partial charge is 0.383 e. The molecule has 0 radical (unpaired) electrons. The van der Waals surface area contributed by atoms with E-state index in [0.717, 1.165) is 6.61 Å². The van der Waals surface area contributed by atoms with Crippen molar-refractivity contribution in [2.45, 2.75) is 32.9 Å². The molecule has 1 aromatic rings. The van der Waals surface area contributed by atoms with Crippen LogP contribution in [0.25, 0.3) is 0 Å². The lowest BCUT2D eigenvalue weighted by Gasteiger charge is -2.21. The highest BCUT2D eigenvalue weighted by molar-refractivity contribution is 5.28. The van der Waals surface area contributed by atoms with Crippen LogP contribution < -0.4 is 5.32 Å². The van der Waals surface area contributed by atoms with Crippen LogP contribution in [-0.4, -0.2) is 19.8 Å². The zero-order chi connectivity index (χ0) is 11.3. The maximum atomic E-state index is 5.11. The van der Waals surface area contributed by atoms with Crippen molar-refractivity contribution < 1.29 is 4.74 Å². The molecule has 2 atom stereocenters. The van der Waals surface area contributed by atoms with Crippen molar-refractivity contribution >= 4 is 0 Å². The van der Waals surface area contributed by atoms with Gasteiger partial charge in [-0.05, 0) is 31.9 Å². The molecule has 0 aliphatic heterocycles. The summed E-state index contributed by atoms with van der Waals surface area (Å²) < 4.78 is 5.11. The van der Waals surface area contributed by atoms with Gasteiger partial charge in [-0.25, -0.2) is 0 Å². The zero-order valence-electron chi connectivity index (χ0n) is 10.1. The molecule has 0 amide bonds. The van der Waals surface area contributed by atoms with Gasteiger partial charge in [0.15, 0.2) is 0 Å². The summed E-state index contributed by atoms with van der Waals surface area (Å²) in [7, 11) is 1.73. The first kappa shape index (κ1) is 12.2. The average Bonchev–Trinajstić information content (AvgIpc) is 2.18. The third kappa shape index (κ3) is 3.65. The number of ether oxygens (including phenoxy) is 1. The molecule has 1 rings (SSSR count). The molecule has 0 saturated heterocycles. The third-order valence-electron chi connectivity index (χ3n) is 2.61. The van der Waals surface area contributed by atoms with E-state index in [1.807, 2.05) is 0 Å². The summed E-state index contributed by atoms with van der Waals surface area (Å²) in [6, 6.07) is 9.23. The lowest BCUT2D eigenvalue weighted by Crippen LogP contribution is -2.32. The Morgan fingerprint density at radius 3 is 2.53 bits per heavy atom. The molecule has 0 heterocycles. The third-order valence-corrected chi connectivity index (χ3v) is 2.61. The summed E-state index contributed by atoms with van der Waals surface area (Å²) in [6.07, 6.45) is 0. The smallest absolute Gasteiger partial charge is 0.0613 e. The molecule has 84 valence electrons. The summed E-state index contributed by atoms with van der Waals surface area (Å²) in [5, 5.41) is 3.51. The first-order valence-electron chi connectivity index (χ1n) is 5.45. The van der Waals surface area contributed by atoms with Crippen LogP contribution in [-0.2, 0) is 4.74 Å². The van der Waals surface area contributed by atoms with E-state index < -0.39 is 0 Å². The van der Waals surface area contributed by atoms with Crippen LogP contribution >= 0.6 is 0 Å². The summed E-state index contributed by atoms with van der Waals surface area (Å²) in [4.78, 5) is 0. The van der Waals surface area contributed by atoms with Crippen molar-refractivity contribution in [3.63, 3.8) is 0 Å². The average molecular weight is 207 g/mol. The molecule has 0 spiro atoms. The Hall–Kier alpha value is -0.860. The second-order valence-electron chi connectivity index (χ2n) is 4.10. The maximum absolute atomic E-state index is 5.11. The van der Waals surface area contributed by atoms with Crippen molar-refractivity contribution in [1.29, 1.82) is 0 Å². The van der Waals surface area contributed by atoms with Crippen molar-refractivity contribution in [2.24, 2.45) is 0 Å². The molecular formula is C13H21NO. The van der Waals surface area contributed by atoms with Gasteiger partial charge >= 0.3 is 0 Å². The van der Waals surface area contributed by atoms with Gasteiger partial charge in [0.1, 0.15) is 0 Å². The SMILES string of the molecule is COC[C@@H](C)N[C@H](C)c1ccccc1C. The molecule has 0 bridgehead atoms. The molecule has 0 aliphatic rings. The number of benzene rings is 1. The molecule has 1 aromatic carbocycles. The molecule has 2 heteroatoms. The van der Waals surface area contributed by atoms with E-state index in [9.17, 15) is 0 Å². The molecule has 0 fully saturated rings. The highest BCUT2D eigenvalue weighted by atomic mass is 16.5.